The smallest absolute Gasteiger partial charge is 0.167 e. The average Bonchev–Trinajstić information content (AvgIpc) is 3.63. The SMILES string of the molecule is CC1(C)c2ccccc2C2(c3ccccc3-c3c(-c4cccc5cccc(-c6ccc(/C=N/C(/N=C(\N)c7ccccc7)c7ccccc7)cc6)c45)cccc32)c2ccccc21. The van der Waals surface area contributed by atoms with Gasteiger partial charge in [-0.05, 0) is 88.7 Å². The van der Waals surface area contributed by atoms with Crippen molar-refractivity contribution in [3.63, 3.8) is 0 Å². The van der Waals surface area contributed by atoms with Crippen LogP contribution in [-0.2, 0) is 10.8 Å². The Morgan fingerprint density at radius 2 is 0.984 bits per heavy atom. The molecule has 3 heteroatoms. The van der Waals surface area contributed by atoms with Crippen LogP contribution < -0.4 is 5.73 Å². The molecule has 0 heterocycles. The number of nitrogens with zero attached hydrogens (tertiary/aromatic N) is 2. The van der Waals surface area contributed by atoms with E-state index in [1.54, 1.807) is 0 Å². The van der Waals surface area contributed by atoms with Crippen molar-refractivity contribution in [1.29, 1.82) is 0 Å². The molecular formula is C59H45N3. The van der Waals surface area contributed by atoms with E-state index in [0.29, 0.717) is 5.84 Å². The average molecular weight is 796 g/mol. The van der Waals surface area contributed by atoms with E-state index < -0.39 is 11.6 Å². The highest BCUT2D eigenvalue weighted by molar-refractivity contribution is 6.10. The normalized spacial score (nSPS) is 14.9. The molecule has 2 N–H and O–H groups in total. The first-order valence-corrected chi connectivity index (χ1v) is 21.5. The molecule has 11 rings (SSSR count). The van der Waals surface area contributed by atoms with E-state index in [1.165, 1.54) is 72.0 Å². The summed E-state index contributed by atoms with van der Waals surface area (Å²) < 4.78 is 0. The lowest BCUT2D eigenvalue weighted by Gasteiger charge is -2.46. The first kappa shape index (κ1) is 37.4. The zero-order valence-corrected chi connectivity index (χ0v) is 34.8. The topological polar surface area (TPSA) is 50.7 Å². The van der Waals surface area contributed by atoms with Crippen LogP contribution in [0.5, 0.6) is 0 Å². The largest absolute Gasteiger partial charge is 0.383 e. The van der Waals surface area contributed by atoms with E-state index in [2.05, 4.69) is 166 Å². The standard InChI is InChI=1S/C59H45N3/c1-58(2)49-29-11-13-31-51(49)59(52-32-14-12-30-50(52)58)48-28-10-9-24-47(48)55-46(27-17-33-53(55)59)45-26-16-23-41-22-15-25-44(54(41)45)40-36-34-39(35-37-40)38-61-57(43-20-7-4-8-21-43)62-56(60)42-18-5-3-6-19-42/h3-38,57H,1-2H3,(H2,60,62)/b61-38+. The Labute approximate surface area is 363 Å². The molecule has 1 unspecified atom stereocenters. The highest BCUT2D eigenvalue weighted by atomic mass is 15.0. The quantitative estimate of drug-likeness (QED) is 0.127. The summed E-state index contributed by atoms with van der Waals surface area (Å²) in [6, 6.07) is 76.6. The molecule has 0 fully saturated rings. The van der Waals surface area contributed by atoms with Gasteiger partial charge >= 0.3 is 0 Å². The van der Waals surface area contributed by atoms with Crippen LogP contribution in [0.15, 0.2) is 222 Å². The summed E-state index contributed by atoms with van der Waals surface area (Å²) in [7, 11) is 0. The minimum absolute atomic E-state index is 0.145. The van der Waals surface area contributed by atoms with Gasteiger partial charge in [-0.25, -0.2) is 4.99 Å². The van der Waals surface area contributed by atoms with Crippen molar-refractivity contribution in [1.82, 2.24) is 0 Å². The Kier molecular flexibility index (Phi) is 8.94. The molecule has 62 heavy (non-hydrogen) atoms. The molecule has 0 aliphatic heterocycles. The molecule has 0 radical (unpaired) electrons. The Hall–Kier alpha value is -7.62. The second kappa shape index (κ2) is 14.8. The van der Waals surface area contributed by atoms with Crippen molar-refractivity contribution >= 4 is 22.8 Å². The predicted octanol–water partition coefficient (Wildman–Crippen LogP) is 13.7. The minimum atomic E-state index is -0.476. The first-order valence-electron chi connectivity index (χ1n) is 21.5. The number of fused-ring (bicyclic) bond motifs is 10. The zero-order valence-electron chi connectivity index (χ0n) is 34.8. The predicted molar refractivity (Wildman–Crippen MR) is 258 cm³/mol. The minimum Gasteiger partial charge on any atom is -0.383 e. The van der Waals surface area contributed by atoms with Gasteiger partial charge < -0.3 is 5.73 Å². The van der Waals surface area contributed by atoms with Crippen molar-refractivity contribution < 1.29 is 0 Å². The third kappa shape index (κ3) is 5.80. The van der Waals surface area contributed by atoms with Gasteiger partial charge in [-0.15, -0.1) is 0 Å². The fraction of sp³-hybridized carbons (Fsp3) is 0.0847. The van der Waals surface area contributed by atoms with E-state index in [0.717, 1.165) is 22.3 Å². The molecular weight excluding hydrogens is 751 g/mol. The van der Waals surface area contributed by atoms with Crippen molar-refractivity contribution in [2.24, 2.45) is 15.7 Å². The number of rotatable bonds is 7. The van der Waals surface area contributed by atoms with Crippen LogP contribution >= 0.6 is 0 Å². The molecule has 1 spiro atoms. The van der Waals surface area contributed by atoms with Crippen LogP contribution in [0.25, 0.3) is 44.2 Å². The zero-order chi connectivity index (χ0) is 41.8. The van der Waals surface area contributed by atoms with Gasteiger partial charge in [0, 0.05) is 17.2 Å². The van der Waals surface area contributed by atoms with Crippen LogP contribution in [0.2, 0.25) is 0 Å². The molecule has 0 aromatic heterocycles. The summed E-state index contributed by atoms with van der Waals surface area (Å²) in [6.45, 7) is 4.76. The molecule has 0 saturated heterocycles. The van der Waals surface area contributed by atoms with Gasteiger partial charge in [-0.2, -0.15) is 0 Å². The van der Waals surface area contributed by atoms with Crippen molar-refractivity contribution in [2.45, 2.75) is 30.8 Å². The second-order valence-electron chi connectivity index (χ2n) is 17.0. The number of hydrogen-bond acceptors (Lipinski definition) is 2. The van der Waals surface area contributed by atoms with Crippen LogP contribution in [0, 0.1) is 0 Å². The van der Waals surface area contributed by atoms with Crippen LogP contribution in [0.4, 0.5) is 0 Å². The maximum Gasteiger partial charge on any atom is 0.167 e. The van der Waals surface area contributed by atoms with E-state index in [1.807, 2.05) is 66.9 Å². The van der Waals surface area contributed by atoms with Crippen LogP contribution in [0.1, 0.15) is 70.1 Å². The summed E-state index contributed by atoms with van der Waals surface area (Å²) in [5.74, 6) is 0.457. The number of nitrogens with two attached hydrogens (primary N) is 1. The number of aliphatic imine (C=N–C) groups is 2. The van der Waals surface area contributed by atoms with Gasteiger partial charge in [0.15, 0.2) is 6.17 Å². The molecule has 0 saturated carbocycles. The number of benzene rings is 9. The van der Waals surface area contributed by atoms with Gasteiger partial charge in [0.1, 0.15) is 5.84 Å². The molecule has 296 valence electrons. The first-order chi connectivity index (χ1) is 30.4. The fourth-order valence-electron chi connectivity index (χ4n) is 10.5. The summed E-state index contributed by atoms with van der Waals surface area (Å²) in [6.07, 6.45) is 1.43. The Bertz CT molecular complexity index is 3160. The lowest BCUT2D eigenvalue weighted by atomic mass is 9.55. The molecule has 2 aliphatic carbocycles. The monoisotopic (exact) mass is 795 g/mol. The third-order valence-corrected chi connectivity index (χ3v) is 13.3. The summed E-state index contributed by atoms with van der Waals surface area (Å²) in [4.78, 5) is 9.83. The van der Waals surface area contributed by atoms with Crippen molar-refractivity contribution in [2.75, 3.05) is 0 Å². The molecule has 3 nitrogen and oxygen atoms in total. The van der Waals surface area contributed by atoms with E-state index in [-0.39, 0.29) is 5.41 Å². The Balaban J connectivity index is 1.04. The van der Waals surface area contributed by atoms with Crippen LogP contribution in [-0.4, -0.2) is 12.1 Å². The maximum atomic E-state index is 6.50. The highest BCUT2D eigenvalue weighted by Crippen LogP contribution is 2.63. The summed E-state index contributed by atoms with van der Waals surface area (Å²) >= 11 is 0. The van der Waals surface area contributed by atoms with Crippen LogP contribution in [0.3, 0.4) is 0 Å². The molecule has 2 aliphatic rings. The van der Waals surface area contributed by atoms with Crippen molar-refractivity contribution in [3.05, 3.63) is 262 Å². The lowest BCUT2D eigenvalue weighted by Crippen LogP contribution is -2.40. The maximum absolute atomic E-state index is 6.50. The van der Waals surface area contributed by atoms with E-state index >= 15 is 0 Å². The van der Waals surface area contributed by atoms with Gasteiger partial charge in [0.2, 0.25) is 0 Å². The molecule has 9 aromatic rings. The van der Waals surface area contributed by atoms with Gasteiger partial charge in [0.25, 0.3) is 0 Å². The number of hydrogen-bond donors (Lipinski definition) is 1. The third-order valence-electron chi connectivity index (χ3n) is 13.3. The number of amidine groups is 1. The molecule has 0 bridgehead atoms. The van der Waals surface area contributed by atoms with E-state index in [4.69, 9.17) is 15.7 Å². The lowest BCUT2D eigenvalue weighted by molar-refractivity contribution is 0.563. The Morgan fingerprint density at radius 1 is 0.468 bits per heavy atom. The Morgan fingerprint density at radius 3 is 1.66 bits per heavy atom. The molecule has 9 aromatic carbocycles. The van der Waals surface area contributed by atoms with Gasteiger partial charge in [0.05, 0.1) is 5.41 Å². The highest BCUT2D eigenvalue weighted by Gasteiger charge is 2.53. The van der Waals surface area contributed by atoms with Crippen molar-refractivity contribution in [3.8, 4) is 33.4 Å². The molecule has 1 atom stereocenters. The van der Waals surface area contributed by atoms with Gasteiger partial charge in [-0.3, -0.25) is 4.99 Å². The van der Waals surface area contributed by atoms with Gasteiger partial charge in [-0.1, -0.05) is 226 Å². The molecule has 0 amide bonds. The summed E-state index contributed by atoms with van der Waals surface area (Å²) in [5, 5.41) is 2.45. The summed E-state index contributed by atoms with van der Waals surface area (Å²) in [5.41, 5.74) is 24.4. The van der Waals surface area contributed by atoms with E-state index in [9.17, 15) is 0 Å². The second-order valence-corrected chi connectivity index (χ2v) is 17.0. The fourth-order valence-corrected chi connectivity index (χ4v) is 10.5.